The van der Waals surface area contributed by atoms with Crippen LogP contribution in [0, 0.1) is 0 Å². The second kappa shape index (κ2) is 8.58. The molecule has 0 aliphatic heterocycles. The number of nitrogens with one attached hydrogen (secondary N) is 2. The van der Waals surface area contributed by atoms with E-state index in [1.165, 1.54) is 16.8 Å². The minimum Gasteiger partial charge on any atom is -0.324 e. The summed E-state index contributed by atoms with van der Waals surface area (Å²) in [5, 5.41) is 13.5. The number of aromatic amines is 1. The molecule has 0 radical (unpaired) electrons. The van der Waals surface area contributed by atoms with Gasteiger partial charge in [-0.2, -0.15) is 10.2 Å². The Morgan fingerprint density at radius 1 is 0.871 bits per heavy atom. The fraction of sp³-hybridized carbons (Fsp3) is 0.0870. The van der Waals surface area contributed by atoms with Gasteiger partial charge in [-0.1, -0.05) is 42.5 Å². The van der Waals surface area contributed by atoms with Crippen LogP contribution in [0.2, 0.25) is 0 Å². The van der Waals surface area contributed by atoms with Crippen LogP contribution in [0.25, 0.3) is 22.5 Å². The summed E-state index contributed by atoms with van der Waals surface area (Å²) in [6.45, 7) is 1.62. The van der Waals surface area contributed by atoms with E-state index in [9.17, 15) is 14.4 Å². The highest BCUT2D eigenvalue weighted by atomic mass is 16.2. The first kappa shape index (κ1) is 20.0. The number of nitrogens with zero attached hydrogens (tertiary/aromatic N) is 3. The smallest absolute Gasteiger partial charge is 0.267 e. The molecule has 4 aromatic rings. The molecule has 0 aliphatic rings. The number of H-pyrrole nitrogens is 1. The van der Waals surface area contributed by atoms with E-state index < -0.39 is 6.04 Å². The molecule has 1 unspecified atom stereocenters. The fourth-order valence-electron chi connectivity index (χ4n) is 3.05. The average Bonchev–Trinajstić information content (AvgIpc) is 2.80. The zero-order valence-electron chi connectivity index (χ0n) is 16.6. The molecule has 8 nitrogen and oxygen atoms in total. The highest BCUT2D eigenvalue weighted by Crippen LogP contribution is 2.19. The molecule has 8 heteroatoms. The Hall–Kier alpha value is -4.33. The van der Waals surface area contributed by atoms with Crippen molar-refractivity contribution in [2.24, 2.45) is 0 Å². The zero-order chi connectivity index (χ0) is 21.8. The quantitative estimate of drug-likeness (QED) is 0.523. The van der Waals surface area contributed by atoms with Crippen molar-refractivity contribution in [3.63, 3.8) is 0 Å². The van der Waals surface area contributed by atoms with Crippen molar-refractivity contribution in [2.45, 2.75) is 13.0 Å². The standard InChI is InChI=1S/C23H19N5O3/c1-15(28-22(30)14-12-20(27-28)16-5-3-2-4-6-16)23(31)24-18-9-7-17(8-10-18)19-11-13-21(29)26-25-19/h2-15H,1H3,(H,24,31)(H,26,29). The van der Waals surface area contributed by atoms with E-state index in [1.807, 2.05) is 30.3 Å². The van der Waals surface area contributed by atoms with Gasteiger partial charge in [0.05, 0.1) is 11.4 Å². The van der Waals surface area contributed by atoms with Crippen LogP contribution in [-0.2, 0) is 4.79 Å². The predicted octanol–water partition coefficient (Wildman–Crippen LogP) is 2.86. The average molecular weight is 413 g/mol. The molecular weight excluding hydrogens is 394 g/mol. The molecule has 154 valence electrons. The summed E-state index contributed by atoms with van der Waals surface area (Å²) in [6, 6.07) is 21.7. The number of aromatic nitrogens is 4. The molecule has 2 aromatic carbocycles. The lowest BCUT2D eigenvalue weighted by molar-refractivity contribution is -0.119. The topological polar surface area (TPSA) is 110 Å². The maximum atomic E-state index is 12.7. The van der Waals surface area contributed by atoms with Gasteiger partial charge in [-0.3, -0.25) is 14.4 Å². The number of amides is 1. The monoisotopic (exact) mass is 413 g/mol. The molecular formula is C23H19N5O3. The molecule has 0 bridgehead atoms. The lowest BCUT2D eigenvalue weighted by atomic mass is 10.1. The van der Waals surface area contributed by atoms with Gasteiger partial charge in [0.25, 0.3) is 11.1 Å². The van der Waals surface area contributed by atoms with E-state index in [1.54, 1.807) is 43.3 Å². The SMILES string of the molecule is CC(C(=O)Nc1ccc(-c2ccc(=O)[nH]n2)cc1)n1nc(-c2ccccc2)ccc1=O. The Kier molecular flexibility index (Phi) is 5.53. The molecule has 0 spiro atoms. The summed E-state index contributed by atoms with van der Waals surface area (Å²) in [5.41, 5.74) is 2.80. The van der Waals surface area contributed by atoms with Crippen LogP contribution in [-0.4, -0.2) is 25.9 Å². The summed E-state index contributed by atoms with van der Waals surface area (Å²) in [7, 11) is 0. The number of carbonyl (C=O) groups is 1. The predicted molar refractivity (Wildman–Crippen MR) is 118 cm³/mol. The van der Waals surface area contributed by atoms with Crippen molar-refractivity contribution >= 4 is 11.6 Å². The van der Waals surface area contributed by atoms with E-state index in [0.717, 1.165) is 11.1 Å². The van der Waals surface area contributed by atoms with Gasteiger partial charge in [0.2, 0.25) is 5.91 Å². The maximum absolute atomic E-state index is 12.7. The molecule has 0 saturated carbocycles. The molecule has 4 rings (SSSR count). The van der Waals surface area contributed by atoms with Crippen LogP contribution in [0.15, 0.2) is 88.5 Å². The van der Waals surface area contributed by atoms with Crippen molar-refractivity contribution in [2.75, 3.05) is 5.32 Å². The van der Waals surface area contributed by atoms with Crippen LogP contribution >= 0.6 is 0 Å². The summed E-state index contributed by atoms with van der Waals surface area (Å²) in [4.78, 5) is 36.2. The van der Waals surface area contributed by atoms with Crippen LogP contribution in [0.3, 0.4) is 0 Å². The molecule has 2 N–H and O–H groups in total. The Morgan fingerprint density at radius 2 is 1.55 bits per heavy atom. The molecule has 1 atom stereocenters. The number of hydrogen-bond acceptors (Lipinski definition) is 5. The van der Waals surface area contributed by atoms with E-state index in [-0.39, 0.29) is 17.0 Å². The number of benzene rings is 2. The van der Waals surface area contributed by atoms with Crippen molar-refractivity contribution in [1.29, 1.82) is 0 Å². The van der Waals surface area contributed by atoms with Gasteiger partial charge < -0.3 is 5.32 Å². The number of hydrogen-bond donors (Lipinski definition) is 2. The summed E-state index contributed by atoms with van der Waals surface area (Å²) >= 11 is 0. The molecule has 2 aromatic heterocycles. The van der Waals surface area contributed by atoms with Gasteiger partial charge in [0.15, 0.2) is 0 Å². The third-order valence-corrected chi connectivity index (χ3v) is 4.77. The van der Waals surface area contributed by atoms with Gasteiger partial charge in [0, 0.05) is 28.9 Å². The first-order valence-corrected chi connectivity index (χ1v) is 9.63. The lowest BCUT2D eigenvalue weighted by Crippen LogP contribution is -2.33. The fourth-order valence-corrected chi connectivity index (χ4v) is 3.05. The Labute approximate surface area is 177 Å². The van der Waals surface area contributed by atoms with Crippen molar-refractivity contribution in [3.8, 4) is 22.5 Å². The van der Waals surface area contributed by atoms with Crippen LogP contribution < -0.4 is 16.4 Å². The summed E-state index contributed by atoms with van der Waals surface area (Å²) in [6.07, 6.45) is 0. The van der Waals surface area contributed by atoms with Gasteiger partial charge in [0.1, 0.15) is 6.04 Å². The second-order valence-corrected chi connectivity index (χ2v) is 6.92. The molecule has 1 amide bonds. The van der Waals surface area contributed by atoms with Crippen molar-refractivity contribution in [3.05, 3.63) is 99.6 Å². The second-order valence-electron chi connectivity index (χ2n) is 6.92. The van der Waals surface area contributed by atoms with E-state index >= 15 is 0 Å². The Morgan fingerprint density at radius 3 is 2.23 bits per heavy atom. The van der Waals surface area contributed by atoms with Crippen LogP contribution in [0.4, 0.5) is 5.69 Å². The Balaban J connectivity index is 1.52. The summed E-state index contributed by atoms with van der Waals surface area (Å²) < 4.78 is 1.18. The largest absolute Gasteiger partial charge is 0.324 e. The normalized spacial score (nSPS) is 11.6. The molecule has 0 aliphatic carbocycles. The van der Waals surface area contributed by atoms with Gasteiger partial charge in [-0.15, -0.1) is 0 Å². The van der Waals surface area contributed by atoms with E-state index in [4.69, 9.17) is 0 Å². The van der Waals surface area contributed by atoms with E-state index in [2.05, 4.69) is 20.6 Å². The van der Waals surface area contributed by atoms with E-state index in [0.29, 0.717) is 17.1 Å². The Bertz CT molecular complexity index is 1310. The zero-order valence-corrected chi connectivity index (χ0v) is 16.6. The van der Waals surface area contributed by atoms with Gasteiger partial charge in [-0.05, 0) is 31.2 Å². The number of anilines is 1. The summed E-state index contributed by atoms with van der Waals surface area (Å²) in [5.74, 6) is -0.366. The van der Waals surface area contributed by atoms with Gasteiger partial charge >= 0.3 is 0 Å². The van der Waals surface area contributed by atoms with Crippen molar-refractivity contribution in [1.82, 2.24) is 20.0 Å². The highest BCUT2D eigenvalue weighted by Gasteiger charge is 2.18. The molecule has 0 fully saturated rings. The lowest BCUT2D eigenvalue weighted by Gasteiger charge is -2.15. The minimum absolute atomic E-state index is 0.276. The van der Waals surface area contributed by atoms with Crippen molar-refractivity contribution < 1.29 is 4.79 Å². The molecule has 2 heterocycles. The maximum Gasteiger partial charge on any atom is 0.267 e. The highest BCUT2D eigenvalue weighted by molar-refractivity contribution is 5.93. The van der Waals surface area contributed by atoms with Crippen LogP contribution in [0.5, 0.6) is 0 Å². The molecule has 0 saturated heterocycles. The van der Waals surface area contributed by atoms with Crippen LogP contribution in [0.1, 0.15) is 13.0 Å². The third-order valence-electron chi connectivity index (χ3n) is 4.77. The third kappa shape index (κ3) is 4.48. The molecule has 31 heavy (non-hydrogen) atoms. The first-order chi connectivity index (χ1) is 15.0. The first-order valence-electron chi connectivity index (χ1n) is 9.63. The number of rotatable bonds is 5. The van der Waals surface area contributed by atoms with Gasteiger partial charge in [-0.25, -0.2) is 9.78 Å². The number of carbonyl (C=O) groups excluding carboxylic acids is 1. The minimum atomic E-state index is -0.809.